The molecular weight excluding hydrogens is 220 g/mol. The fraction of sp³-hybridized carbons (Fsp3) is 0.750. The molecule has 2 aliphatic rings. The summed E-state index contributed by atoms with van der Waals surface area (Å²) in [6, 6.07) is 0. The number of fused-ring (bicyclic) bond motifs is 1. The maximum atomic E-state index is 9.27. The van der Waals surface area contributed by atoms with Gasteiger partial charge in [-0.05, 0) is 31.4 Å². The van der Waals surface area contributed by atoms with E-state index in [-0.39, 0.29) is 0 Å². The monoisotopic (exact) mass is 238 g/mol. The summed E-state index contributed by atoms with van der Waals surface area (Å²) in [6.07, 6.45) is 6.82. The van der Waals surface area contributed by atoms with Crippen molar-refractivity contribution in [1.82, 2.24) is 9.55 Å². The molecule has 3 nitrogen and oxygen atoms in total. The van der Waals surface area contributed by atoms with Crippen molar-refractivity contribution >= 4 is 11.8 Å². The molecule has 1 fully saturated rings. The average Bonchev–Trinajstić information content (AvgIpc) is 2.96. The number of hydrogen-bond acceptors (Lipinski definition) is 3. The van der Waals surface area contributed by atoms with Gasteiger partial charge in [-0.3, -0.25) is 0 Å². The average molecular weight is 238 g/mol. The first-order valence-corrected chi connectivity index (χ1v) is 7.20. The summed E-state index contributed by atoms with van der Waals surface area (Å²) in [5, 5.41) is 9.87. The number of aryl methyl sites for hydroxylation is 1. The third-order valence-electron chi connectivity index (χ3n) is 3.69. The Morgan fingerprint density at radius 2 is 2.44 bits per heavy atom. The topological polar surface area (TPSA) is 38.1 Å². The predicted molar refractivity (Wildman–Crippen MR) is 65.6 cm³/mol. The summed E-state index contributed by atoms with van der Waals surface area (Å²) in [7, 11) is 0. The second kappa shape index (κ2) is 4.41. The zero-order chi connectivity index (χ0) is 11.0. The van der Waals surface area contributed by atoms with Crippen molar-refractivity contribution in [2.75, 3.05) is 12.4 Å². The van der Waals surface area contributed by atoms with E-state index in [1.165, 1.54) is 30.1 Å². The van der Waals surface area contributed by atoms with Crippen molar-refractivity contribution in [2.24, 2.45) is 5.92 Å². The summed E-state index contributed by atoms with van der Waals surface area (Å²) in [5.74, 6) is 2.97. The molecule has 2 aliphatic heterocycles. The first kappa shape index (κ1) is 10.7. The van der Waals surface area contributed by atoms with Crippen LogP contribution in [-0.2, 0) is 13.0 Å². The van der Waals surface area contributed by atoms with Crippen molar-refractivity contribution in [3.63, 3.8) is 0 Å². The molecule has 1 N–H and O–H groups in total. The van der Waals surface area contributed by atoms with Gasteiger partial charge >= 0.3 is 0 Å². The molecule has 3 heterocycles. The van der Waals surface area contributed by atoms with Crippen molar-refractivity contribution in [3.8, 4) is 0 Å². The van der Waals surface area contributed by atoms with Gasteiger partial charge in [-0.2, -0.15) is 11.8 Å². The Morgan fingerprint density at radius 1 is 1.50 bits per heavy atom. The fourth-order valence-electron chi connectivity index (χ4n) is 2.73. The number of rotatable bonds is 2. The number of thioether (sulfide) groups is 1. The Morgan fingerprint density at radius 3 is 3.19 bits per heavy atom. The molecule has 1 aromatic rings. The summed E-state index contributed by atoms with van der Waals surface area (Å²) >= 11 is 2.04. The van der Waals surface area contributed by atoms with Crippen LogP contribution in [0, 0.1) is 5.92 Å². The minimum absolute atomic E-state index is 0.314. The second-order valence-electron chi connectivity index (χ2n) is 4.81. The zero-order valence-electron chi connectivity index (χ0n) is 9.43. The summed E-state index contributed by atoms with van der Waals surface area (Å²) in [6.45, 7) is 1.28. The maximum Gasteiger partial charge on any atom is 0.122 e. The molecule has 0 saturated carbocycles. The molecule has 2 atom stereocenters. The molecule has 2 unspecified atom stereocenters. The number of imidazole rings is 1. The van der Waals surface area contributed by atoms with Crippen LogP contribution in [0.2, 0.25) is 0 Å². The van der Waals surface area contributed by atoms with Gasteiger partial charge < -0.3 is 9.67 Å². The quantitative estimate of drug-likeness (QED) is 0.856. The lowest BCUT2D eigenvalue weighted by Crippen LogP contribution is -2.24. The van der Waals surface area contributed by atoms with Gasteiger partial charge in [0.1, 0.15) is 5.82 Å². The fourth-order valence-corrected chi connectivity index (χ4v) is 4.01. The van der Waals surface area contributed by atoms with Crippen LogP contribution in [0.3, 0.4) is 0 Å². The van der Waals surface area contributed by atoms with Crippen molar-refractivity contribution in [2.45, 2.75) is 37.5 Å². The van der Waals surface area contributed by atoms with Crippen LogP contribution < -0.4 is 0 Å². The van der Waals surface area contributed by atoms with Crippen LogP contribution in [0.25, 0.3) is 0 Å². The highest BCUT2D eigenvalue weighted by molar-refractivity contribution is 7.99. The molecule has 88 valence electrons. The van der Waals surface area contributed by atoms with Crippen LogP contribution in [-0.4, -0.2) is 27.0 Å². The van der Waals surface area contributed by atoms with E-state index in [9.17, 15) is 5.11 Å². The second-order valence-corrected chi connectivity index (χ2v) is 6.12. The predicted octanol–water partition coefficient (Wildman–Crippen LogP) is 2.01. The van der Waals surface area contributed by atoms with Crippen molar-refractivity contribution in [1.29, 1.82) is 0 Å². The number of aliphatic hydroxyl groups is 1. The van der Waals surface area contributed by atoms with Gasteiger partial charge in [0.05, 0.1) is 5.25 Å². The normalized spacial score (nSPS) is 29.3. The molecule has 3 rings (SSSR count). The highest BCUT2D eigenvalue weighted by Crippen LogP contribution is 2.40. The van der Waals surface area contributed by atoms with Gasteiger partial charge in [0, 0.05) is 31.0 Å². The van der Waals surface area contributed by atoms with Gasteiger partial charge in [-0.15, -0.1) is 0 Å². The molecule has 0 amide bonds. The minimum atomic E-state index is 0.314. The molecule has 0 aromatic carbocycles. The molecule has 4 heteroatoms. The van der Waals surface area contributed by atoms with E-state index in [0.717, 1.165) is 19.4 Å². The molecule has 0 bridgehead atoms. The number of nitrogens with zero attached hydrogens (tertiary/aromatic N) is 2. The molecule has 0 spiro atoms. The Labute approximate surface area is 100 Å². The zero-order valence-corrected chi connectivity index (χ0v) is 10.2. The minimum Gasteiger partial charge on any atom is -0.396 e. The third-order valence-corrected chi connectivity index (χ3v) is 5.07. The third kappa shape index (κ3) is 1.78. The maximum absolute atomic E-state index is 9.27. The van der Waals surface area contributed by atoms with E-state index in [2.05, 4.69) is 9.55 Å². The standard InChI is InChI=1S/C12H18N2OS/c15-8-9-3-4-10-6-13-12(14(10)7-9)11-2-1-5-16-11/h6,9,11,15H,1-5,7-8H2. The Kier molecular flexibility index (Phi) is 2.94. The first-order chi connectivity index (χ1) is 7.88. The molecule has 0 radical (unpaired) electrons. The Balaban J connectivity index is 1.87. The highest BCUT2D eigenvalue weighted by Gasteiger charge is 2.27. The van der Waals surface area contributed by atoms with Gasteiger partial charge in [0.25, 0.3) is 0 Å². The SMILES string of the molecule is OCC1CCc2cnc(C3CCCS3)n2C1. The van der Waals surface area contributed by atoms with E-state index in [4.69, 9.17) is 0 Å². The van der Waals surface area contributed by atoms with Crippen LogP contribution in [0.1, 0.15) is 36.0 Å². The summed E-state index contributed by atoms with van der Waals surface area (Å²) in [5.41, 5.74) is 1.37. The summed E-state index contributed by atoms with van der Waals surface area (Å²) in [4.78, 5) is 4.61. The smallest absolute Gasteiger partial charge is 0.122 e. The van der Waals surface area contributed by atoms with E-state index in [1.807, 2.05) is 18.0 Å². The molecule has 0 aliphatic carbocycles. The van der Waals surface area contributed by atoms with Crippen molar-refractivity contribution < 1.29 is 5.11 Å². The van der Waals surface area contributed by atoms with Gasteiger partial charge in [0.2, 0.25) is 0 Å². The number of aliphatic hydroxyl groups excluding tert-OH is 1. The largest absolute Gasteiger partial charge is 0.396 e. The highest BCUT2D eigenvalue weighted by atomic mass is 32.2. The van der Waals surface area contributed by atoms with Crippen LogP contribution in [0.5, 0.6) is 0 Å². The van der Waals surface area contributed by atoms with Crippen LogP contribution >= 0.6 is 11.8 Å². The molecule has 16 heavy (non-hydrogen) atoms. The van der Waals surface area contributed by atoms with Gasteiger partial charge in [-0.25, -0.2) is 4.98 Å². The van der Waals surface area contributed by atoms with Crippen LogP contribution in [0.15, 0.2) is 6.20 Å². The number of hydrogen-bond donors (Lipinski definition) is 1. The van der Waals surface area contributed by atoms with E-state index >= 15 is 0 Å². The Hall–Kier alpha value is -0.480. The lowest BCUT2D eigenvalue weighted by Gasteiger charge is -2.25. The molecule has 1 aromatic heterocycles. The number of aromatic nitrogens is 2. The lowest BCUT2D eigenvalue weighted by molar-refractivity contribution is 0.190. The van der Waals surface area contributed by atoms with E-state index < -0.39 is 0 Å². The lowest BCUT2D eigenvalue weighted by atomic mass is 9.99. The van der Waals surface area contributed by atoms with Gasteiger partial charge in [0.15, 0.2) is 0 Å². The first-order valence-electron chi connectivity index (χ1n) is 6.15. The van der Waals surface area contributed by atoms with E-state index in [0.29, 0.717) is 17.8 Å². The van der Waals surface area contributed by atoms with Crippen molar-refractivity contribution in [3.05, 3.63) is 17.7 Å². The molecular formula is C12H18N2OS. The summed E-state index contributed by atoms with van der Waals surface area (Å²) < 4.78 is 2.37. The van der Waals surface area contributed by atoms with Gasteiger partial charge in [-0.1, -0.05) is 0 Å². The van der Waals surface area contributed by atoms with Crippen LogP contribution in [0.4, 0.5) is 0 Å². The van der Waals surface area contributed by atoms with E-state index in [1.54, 1.807) is 0 Å². The molecule has 1 saturated heterocycles. The Bertz CT molecular complexity index is 371.